The first kappa shape index (κ1) is 21.1. The summed E-state index contributed by atoms with van der Waals surface area (Å²) in [5, 5.41) is 9.05. The van der Waals surface area contributed by atoms with Crippen molar-refractivity contribution in [3.63, 3.8) is 0 Å². The topological polar surface area (TPSA) is 40.5 Å². The van der Waals surface area contributed by atoms with E-state index in [1.54, 1.807) is 0 Å². The van der Waals surface area contributed by atoms with Gasteiger partial charge in [0.15, 0.2) is 0 Å². The van der Waals surface area contributed by atoms with E-state index >= 15 is 0 Å². The fourth-order valence-electron chi connectivity index (χ4n) is 2.35. The van der Waals surface area contributed by atoms with Gasteiger partial charge in [-0.25, -0.2) is 0 Å². The third-order valence-electron chi connectivity index (χ3n) is 4.08. The maximum absolute atomic E-state index is 12.2. The highest BCUT2D eigenvalue weighted by atomic mass is 16.3. The lowest BCUT2D eigenvalue weighted by Crippen LogP contribution is -2.48. The van der Waals surface area contributed by atoms with Gasteiger partial charge in [0.2, 0.25) is 5.91 Å². The molecule has 0 fully saturated rings. The zero-order chi connectivity index (χ0) is 16.8. The van der Waals surface area contributed by atoms with Crippen LogP contribution in [0.15, 0.2) is 12.2 Å². The van der Waals surface area contributed by atoms with Gasteiger partial charge >= 0.3 is 0 Å². The van der Waals surface area contributed by atoms with Crippen LogP contribution in [0.2, 0.25) is 0 Å². The summed E-state index contributed by atoms with van der Waals surface area (Å²) >= 11 is 0. The summed E-state index contributed by atoms with van der Waals surface area (Å²) in [6.07, 6.45) is 10.7. The molecule has 4 heteroatoms. The molecule has 0 aromatic rings. The van der Waals surface area contributed by atoms with Crippen LogP contribution in [0.25, 0.3) is 0 Å². The first-order valence-corrected chi connectivity index (χ1v) is 8.82. The summed E-state index contributed by atoms with van der Waals surface area (Å²) in [6, 6.07) is 0. The molecule has 0 aliphatic rings. The van der Waals surface area contributed by atoms with Crippen LogP contribution in [0.1, 0.15) is 52.4 Å². The van der Waals surface area contributed by atoms with Crippen molar-refractivity contribution in [3.05, 3.63) is 12.2 Å². The minimum absolute atomic E-state index is 0.190. The lowest BCUT2D eigenvalue weighted by Gasteiger charge is -2.31. The van der Waals surface area contributed by atoms with E-state index in [9.17, 15) is 4.79 Å². The van der Waals surface area contributed by atoms with Gasteiger partial charge in [0.1, 0.15) is 6.54 Å². The number of aliphatic hydroxyl groups excluding tert-OH is 1. The number of quaternary nitrogens is 1. The first-order valence-electron chi connectivity index (χ1n) is 8.82. The number of hydrogen-bond acceptors (Lipinski definition) is 2. The highest BCUT2D eigenvalue weighted by Crippen LogP contribution is 2.04. The van der Waals surface area contributed by atoms with E-state index in [-0.39, 0.29) is 12.5 Å². The van der Waals surface area contributed by atoms with Crippen LogP contribution >= 0.6 is 0 Å². The smallest absolute Gasteiger partial charge is 0.223 e. The lowest BCUT2D eigenvalue weighted by molar-refractivity contribution is -0.890. The Kier molecular flexibility index (Phi) is 12.2. The van der Waals surface area contributed by atoms with Gasteiger partial charge < -0.3 is 14.5 Å². The molecule has 1 amide bonds. The van der Waals surface area contributed by atoms with Crippen molar-refractivity contribution in [2.24, 2.45) is 0 Å². The minimum atomic E-state index is 0.190. The summed E-state index contributed by atoms with van der Waals surface area (Å²) in [6.45, 7) is 7.57. The molecule has 0 aliphatic heterocycles. The molecule has 0 saturated carbocycles. The molecule has 0 spiro atoms. The highest BCUT2D eigenvalue weighted by Gasteiger charge is 2.18. The summed E-state index contributed by atoms with van der Waals surface area (Å²) in [7, 11) is 4.18. The number of rotatable bonds is 13. The predicted octanol–water partition coefficient (Wildman–Crippen LogP) is 2.82. The molecule has 4 nitrogen and oxygen atoms in total. The number of carbonyl (C=O) groups excluding carboxylic acids is 1. The van der Waals surface area contributed by atoms with Crippen LogP contribution < -0.4 is 0 Å². The Morgan fingerprint density at radius 2 is 1.77 bits per heavy atom. The molecule has 0 aromatic heterocycles. The van der Waals surface area contributed by atoms with E-state index in [2.05, 4.69) is 33.2 Å². The van der Waals surface area contributed by atoms with Gasteiger partial charge in [0.05, 0.1) is 33.8 Å². The average molecular weight is 314 g/mol. The molecule has 0 aliphatic carbocycles. The van der Waals surface area contributed by atoms with Crippen molar-refractivity contribution in [3.8, 4) is 0 Å². The second-order valence-electron chi connectivity index (χ2n) is 6.59. The number of amides is 1. The van der Waals surface area contributed by atoms with E-state index in [1.165, 1.54) is 19.3 Å². The monoisotopic (exact) mass is 313 g/mol. The largest absolute Gasteiger partial charge is 0.391 e. The van der Waals surface area contributed by atoms with Gasteiger partial charge in [-0.1, -0.05) is 31.9 Å². The van der Waals surface area contributed by atoms with Gasteiger partial charge in [-0.3, -0.25) is 4.79 Å². The molecule has 0 rings (SSSR count). The van der Waals surface area contributed by atoms with Crippen molar-refractivity contribution >= 4 is 5.91 Å². The molecule has 130 valence electrons. The number of likely N-dealkylation sites (N-methyl/N-ethyl adjacent to an activating group) is 2. The second kappa shape index (κ2) is 12.7. The number of carbonyl (C=O) groups is 1. The second-order valence-corrected chi connectivity index (χ2v) is 6.59. The molecular weight excluding hydrogens is 276 g/mol. The van der Waals surface area contributed by atoms with Crippen LogP contribution in [0.3, 0.4) is 0 Å². The van der Waals surface area contributed by atoms with Crippen LogP contribution in [0.4, 0.5) is 0 Å². The van der Waals surface area contributed by atoms with Crippen LogP contribution in [-0.2, 0) is 4.79 Å². The van der Waals surface area contributed by atoms with Gasteiger partial charge in [-0.2, -0.15) is 0 Å². The molecular formula is C18H37N2O2+. The number of hydrogen-bond donors (Lipinski definition) is 1. The molecule has 0 heterocycles. The maximum Gasteiger partial charge on any atom is 0.223 e. The fourth-order valence-corrected chi connectivity index (χ4v) is 2.35. The third kappa shape index (κ3) is 10.8. The number of aliphatic hydroxyl groups is 1. The highest BCUT2D eigenvalue weighted by molar-refractivity contribution is 5.76. The molecule has 0 atom stereocenters. The van der Waals surface area contributed by atoms with Crippen molar-refractivity contribution in [1.29, 1.82) is 0 Å². The standard InChI is InChI=1S/C18H37N2O2/c1-5-7-8-9-10-11-12-13-18(22)19(6-2)14-15-20(3,4)16-17-21/h10-11,21H,5-9,12-17H2,1-4H3/q+1/b11-10+. The molecule has 1 N–H and O–H groups in total. The van der Waals surface area contributed by atoms with E-state index in [0.717, 1.165) is 43.5 Å². The van der Waals surface area contributed by atoms with Crippen LogP contribution in [0, 0.1) is 0 Å². The molecule has 0 unspecified atom stereocenters. The minimum Gasteiger partial charge on any atom is -0.391 e. The average Bonchev–Trinajstić information content (AvgIpc) is 2.46. The molecule has 22 heavy (non-hydrogen) atoms. The van der Waals surface area contributed by atoms with Crippen molar-refractivity contribution in [2.75, 3.05) is 46.9 Å². The fraction of sp³-hybridized carbons (Fsp3) is 0.833. The Bertz CT molecular complexity index is 314. The molecule has 0 radical (unpaired) electrons. The summed E-state index contributed by atoms with van der Waals surface area (Å²) in [5.41, 5.74) is 0. The van der Waals surface area contributed by atoms with Crippen molar-refractivity contribution in [1.82, 2.24) is 4.90 Å². The van der Waals surface area contributed by atoms with Crippen molar-refractivity contribution < 1.29 is 14.4 Å². The predicted molar refractivity (Wildman–Crippen MR) is 93.7 cm³/mol. The number of allylic oxidation sites excluding steroid dienone is 2. The van der Waals surface area contributed by atoms with Crippen molar-refractivity contribution in [2.45, 2.75) is 52.4 Å². The Labute approximate surface area is 137 Å². The summed E-state index contributed by atoms with van der Waals surface area (Å²) in [5.74, 6) is 0.240. The Hall–Kier alpha value is -0.870. The maximum atomic E-state index is 12.2. The Morgan fingerprint density at radius 3 is 2.36 bits per heavy atom. The van der Waals surface area contributed by atoms with E-state index in [0.29, 0.717) is 6.42 Å². The molecule has 0 aromatic carbocycles. The van der Waals surface area contributed by atoms with Gasteiger partial charge in [-0.05, 0) is 26.2 Å². The van der Waals surface area contributed by atoms with Crippen LogP contribution in [0.5, 0.6) is 0 Å². The Morgan fingerprint density at radius 1 is 1.09 bits per heavy atom. The van der Waals surface area contributed by atoms with Gasteiger partial charge in [-0.15, -0.1) is 0 Å². The lowest BCUT2D eigenvalue weighted by atomic mass is 10.2. The quantitative estimate of drug-likeness (QED) is 0.323. The van der Waals surface area contributed by atoms with Gasteiger partial charge in [0, 0.05) is 13.0 Å². The SMILES string of the molecule is CCCCC/C=C/CCC(=O)N(CC)CC[N+](C)(C)CCO. The molecule has 0 saturated heterocycles. The zero-order valence-electron chi connectivity index (χ0n) is 15.2. The van der Waals surface area contributed by atoms with E-state index in [1.807, 2.05) is 11.8 Å². The molecule has 0 bridgehead atoms. The zero-order valence-corrected chi connectivity index (χ0v) is 15.2. The van der Waals surface area contributed by atoms with E-state index in [4.69, 9.17) is 5.11 Å². The summed E-state index contributed by atoms with van der Waals surface area (Å²) < 4.78 is 0.748. The summed E-state index contributed by atoms with van der Waals surface area (Å²) in [4.78, 5) is 14.2. The van der Waals surface area contributed by atoms with Gasteiger partial charge in [0.25, 0.3) is 0 Å². The first-order chi connectivity index (χ1) is 10.5. The van der Waals surface area contributed by atoms with Crippen LogP contribution in [-0.4, -0.2) is 67.3 Å². The number of unbranched alkanes of at least 4 members (excludes halogenated alkanes) is 3. The van der Waals surface area contributed by atoms with E-state index < -0.39 is 0 Å². The Balaban J connectivity index is 3.99. The number of nitrogens with zero attached hydrogens (tertiary/aromatic N) is 2. The third-order valence-corrected chi connectivity index (χ3v) is 4.08. The normalized spacial score (nSPS) is 12.0.